The number of carbonyl (C=O) groups is 1. The van der Waals surface area contributed by atoms with E-state index in [-0.39, 0.29) is 5.91 Å². The van der Waals surface area contributed by atoms with Gasteiger partial charge in [-0.25, -0.2) is 0 Å². The van der Waals surface area contributed by atoms with Gasteiger partial charge in [0.1, 0.15) is 0 Å². The van der Waals surface area contributed by atoms with E-state index in [0.29, 0.717) is 40.3 Å². The number of amides is 1. The Kier molecular flexibility index (Phi) is 6.51. The summed E-state index contributed by atoms with van der Waals surface area (Å²) < 4.78 is 8.13. The predicted molar refractivity (Wildman–Crippen MR) is 105 cm³/mol. The maximum atomic E-state index is 12.1. The number of aromatic nitrogens is 3. The molecule has 0 fully saturated rings. The minimum Gasteiger partial charge on any atom is -0.446 e. The summed E-state index contributed by atoms with van der Waals surface area (Å²) in [6, 6.07) is 13.7. The quantitative estimate of drug-likeness (QED) is 0.546. The molecule has 0 aliphatic carbocycles. The lowest BCUT2D eigenvalue weighted by atomic mass is 10.1. The van der Waals surface area contributed by atoms with E-state index in [4.69, 9.17) is 4.42 Å². The zero-order valence-electron chi connectivity index (χ0n) is 14.3. The van der Waals surface area contributed by atoms with Crippen LogP contribution in [0.15, 0.2) is 56.7 Å². The van der Waals surface area contributed by atoms with Crippen molar-refractivity contribution in [2.45, 2.75) is 25.0 Å². The Bertz CT molecular complexity index is 863. The predicted octanol–water partition coefficient (Wildman–Crippen LogP) is 3.77. The van der Waals surface area contributed by atoms with Crippen LogP contribution < -0.4 is 5.32 Å². The second-order valence-corrected chi connectivity index (χ2v) is 7.25. The molecule has 0 unspecified atom stereocenters. The van der Waals surface area contributed by atoms with Crippen LogP contribution in [0.1, 0.15) is 12.5 Å². The summed E-state index contributed by atoms with van der Waals surface area (Å²) in [5.41, 5.74) is 1.21. The molecule has 0 bridgehead atoms. The summed E-state index contributed by atoms with van der Waals surface area (Å²) in [6.45, 7) is 3.32. The fourth-order valence-electron chi connectivity index (χ4n) is 2.47. The normalized spacial score (nSPS) is 10.8. The van der Waals surface area contributed by atoms with Gasteiger partial charge >= 0.3 is 0 Å². The van der Waals surface area contributed by atoms with Crippen LogP contribution >= 0.6 is 27.7 Å². The molecule has 0 saturated carbocycles. The number of thioether (sulfide) groups is 1. The van der Waals surface area contributed by atoms with Gasteiger partial charge in [-0.2, -0.15) is 0 Å². The molecule has 0 saturated heterocycles. The second kappa shape index (κ2) is 9.05. The molecule has 6 nitrogen and oxygen atoms in total. The van der Waals surface area contributed by atoms with E-state index in [0.717, 1.165) is 6.42 Å². The molecule has 0 radical (unpaired) electrons. The molecule has 3 rings (SSSR count). The third-order valence-electron chi connectivity index (χ3n) is 3.74. The summed E-state index contributed by atoms with van der Waals surface area (Å²) in [6.07, 6.45) is 0.819. The Morgan fingerprint density at radius 1 is 1.23 bits per heavy atom. The average Bonchev–Trinajstić information content (AvgIpc) is 3.26. The van der Waals surface area contributed by atoms with Crippen LogP contribution in [0.25, 0.3) is 11.6 Å². The molecule has 1 aromatic carbocycles. The van der Waals surface area contributed by atoms with Gasteiger partial charge < -0.3 is 9.73 Å². The number of furan rings is 1. The van der Waals surface area contributed by atoms with Gasteiger partial charge in [-0.05, 0) is 47.0 Å². The Hall–Kier alpha value is -2.06. The number of nitrogens with zero attached hydrogens (tertiary/aromatic N) is 3. The molecule has 0 aliphatic rings. The molecular weight excluding hydrogens is 416 g/mol. The maximum absolute atomic E-state index is 12.1. The van der Waals surface area contributed by atoms with Crippen molar-refractivity contribution in [1.29, 1.82) is 0 Å². The van der Waals surface area contributed by atoms with E-state index in [1.807, 2.05) is 41.8 Å². The Labute approximate surface area is 164 Å². The van der Waals surface area contributed by atoms with E-state index < -0.39 is 0 Å². The van der Waals surface area contributed by atoms with Crippen molar-refractivity contribution in [1.82, 2.24) is 20.1 Å². The summed E-state index contributed by atoms with van der Waals surface area (Å²) >= 11 is 4.66. The van der Waals surface area contributed by atoms with Crippen molar-refractivity contribution >= 4 is 33.6 Å². The molecule has 1 amide bonds. The highest BCUT2D eigenvalue weighted by Crippen LogP contribution is 2.27. The topological polar surface area (TPSA) is 73.0 Å². The molecule has 136 valence electrons. The molecule has 3 aromatic rings. The van der Waals surface area contributed by atoms with Crippen molar-refractivity contribution in [2.75, 3.05) is 12.3 Å². The molecule has 2 heterocycles. The molecule has 2 aromatic heterocycles. The van der Waals surface area contributed by atoms with Crippen molar-refractivity contribution < 1.29 is 9.21 Å². The Morgan fingerprint density at radius 3 is 2.73 bits per heavy atom. The molecule has 1 N–H and O–H groups in total. The van der Waals surface area contributed by atoms with Crippen molar-refractivity contribution in [3.05, 3.63) is 52.7 Å². The number of halogens is 1. The molecule has 26 heavy (non-hydrogen) atoms. The molecule has 0 aliphatic heterocycles. The monoisotopic (exact) mass is 434 g/mol. The van der Waals surface area contributed by atoms with Crippen LogP contribution in [0, 0.1) is 0 Å². The van der Waals surface area contributed by atoms with Gasteiger partial charge in [0.25, 0.3) is 0 Å². The third kappa shape index (κ3) is 4.76. The van der Waals surface area contributed by atoms with Gasteiger partial charge in [-0.1, -0.05) is 42.1 Å². The number of hydrogen-bond donors (Lipinski definition) is 1. The smallest absolute Gasteiger partial charge is 0.230 e. The van der Waals surface area contributed by atoms with Crippen LogP contribution in [0.3, 0.4) is 0 Å². The van der Waals surface area contributed by atoms with Crippen molar-refractivity contribution in [3.8, 4) is 11.6 Å². The second-order valence-electron chi connectivity index (χ2n) is 5.53. The fraction of sp³-hybridized carbons (Fsp3) is 0.278. The lowest BCUT2D eigenvalue weighted by Crippen LogP contribution is -2.27. The first-order valence-electron chi connectivity index (χ1n) is 8.29. The van der Waals surface area contributed by atoms with Crippen LogP contribution in [0.5, 0.6) is 0 Å². The van der Waals surface area contributed by atoms with Crippen LogP contribution in [-0.4, -0.2) is 33.0 Å². The van der Waals surface area contributed by atoms with Crippen molar-refractivity contribution in [3.63, 3.8) is 0 Å². The maximum Gasteiger partial charge on any atom is 0.230 e. The number of benzene rings is 1. The van der Waals surface area contributed by atoms with Gasteiger partial charge in [0, 0.05) is 13.1 Å². The minimum atomic E-state index is -0.0149. The fourth-order valence-corrected chi connectivity index (χ4v) is 3.61. The van der Waals surface area contributed by atoms with Crippen LogP contribution in [0.4, 0.5) is 0 Å². The summed E-state index contributed by atoms with van der Waals surface area (Å²) in [5, 5.41) is 12.0. The third-order valence-corrected chi connectivity index (χ3v) is 5.13. The van der Waals surface area contributed by atoms with E-state index in [1.165, 1.54) is 17.3 Å². The first kappa shape index (κ1) is 18.7. The molecular formula is C18H19BrN4O2S. The average molecular weight is 435 g/mol. The number of carbonyl (C=O) groups excluding carboxylic acids is 1. The van der Waals surface area contributed by atoms with E-state index in [2.05, 4.69) is 43.6 Å². The highest BCUT2D eigenvalue weighted by Gasteiger charge is 2.16. The Morgan fingerprint density at radius 2 is 2.04 bits per heavy atom. The zero-order valence-corrected chi connectivity index (χ0v) is 16.7. The minimum absolute atomic E-state index is 0.0149. The van der Waals surface area contributed by atoms with Crippen molar-refractivity contribution in [2.24, 2.45) is 0 Å². The first-order valence-corrected chi connectivity index (χ1v) is 10.1. The Balaban J connectivity index is 1.52. The SMILES string of the molecule is CCn1c(SCC(=O)NCCc2ccccc2)nnc1-c1ccc(Br)o1. The van der Waals surface area contributed by atoms with Gasteiger partial charge in [-0.15, -0.1) is 10.2 Å². The lowest BCUT2D eigenvalue weighted by molar-refractivity contribution is -0.118. The molecule has 0 spiro atoms. The van der Waals surface area contributed by atoms with E-state index >= 15 is 0 Å². The summed E-state index contributed by atoms with van der Waals surface area (Å²) in [5.74, 6) is 1.59. The van der Waals surface area contributed by atoms with Gasteiger partial charge in [-0.3, -0.25) is 9.36 Å². The largest absolute Gasteiger partial charge is 0.446 e. The molecule has 0 atom stereocenters. The lowest BCUT2D eigenvalue weighted by Gasteiger charge is -2.07. The van der Waals surface area contributed by atoms with Gasteiger partial charge in [0.2, 0.25) is 11.7 Å². The summed E-state index contributed by atoms with van der Waals surface area (Å²) in [4.78, 5) is 12.1. The first-order chi connectivity index (χ1) is 12.7. The number of nitrogens with one attached hydrogen (secondary N) is 1. The number of hydrogen-bond acceptors (Lipinski definition) is 5. The van der Waals surface area contributed by atoms with E-state index in [1.54, 1.807) is 0 Å². The van der Waals surface area contributed by atoms with Crippen LogP contribution in [0.2, 0.25) is 0 Å². The van der Waals surface area contributed by atoms with E-state index in [9.17, 15) is 4.79 Å². The van der Waals surface area contributed by atoms with Gasteiger partial charge in [0.05, 0.1) is 5.75 Å². The summed E-state index contributed by atoms with van der Waals surface area (Å²) in [7, 11) is 0. The van der Waals surface area contributed by atoms with Gasteiger partial charge in [0.15, 0.2) is 15.6 Å². The zero-order chi connectivity index (χ0) is 18.4. The highest BCUT2D eigenvalue weighted by molar-refractivity contribution is 9.10. The van der Waals surface area contributed by atoms with Crippen LogP contribution in [-0.2, 0) is 17.8 Å². The number of rotatable bonds is 8. The molecule has 8 heteroatoms. The standard InChI is InChI=1S/C18H19BrN4O2S/c1-2-23-17(14-8-9-15(19)25-14)21-22-18(23)26-12-16(24)20-11-10-13-6-4-3-5-7-13/h3-9H,2,10-12H2,1H3,(H,20,24). The highest BCUT2D eigenvalue weighted by atomic mass is 79.9.